The minimum absolute atomic E-state index is 0.0115. The van der Waals surface area contributed by atoms with Gasteiger partial charge >= 0.3 is 11.9 Å². The number of ketones is 1. The number of aromatic nitrogens is 1. The van der Waals surface area contributed by atoms with Crippen LogP contribution in [0, 0.1) is 13.8 Å². The summed E-state index contributed by atoms with van der Waals surface area (Å²) in [6.07, 6.45) is 0.686. The number of carbonyl (C=O) groups excluding carboxylic acids is 3. The lowest BCUT2D eigenvalue weighted by atomic mass is 9.94. The fourth-order valence-corrected chi connectivity index (χ4v) is 6.62. The molecule has 0 bridgehead atoms. The minimum Gasteiger partial charge on any atom is -0.507 e. The van der Waals surface area contributed by atoms with Crippen LogP contribution in [0.25, 0.3) is 16.0 Å². The number of rotatable bonds is 4. The Morgan fingerprint density at radius 1 is 1.07 bits per heavy atom. The Labute approximate surface area is 234 Å². The van der Waals surface area contributed by atoms with E-state index in [1.165, 1.54) is 23.3 Å². The Balaban J connectivity index is 1.53. The van der Waals surface area contributed by atoms with Crippen molar-refractivity contribution < 1.29 is 29.0 Å². The summed E-state index contributed by atoms with van der Waals surface area (Å²) < 4.78 is 11.5. The summed E-state index contributed by atoms with van der Waals surface area (Å²) in [4.78, 5) is 45.4. The lowest BCUT2D eigenvalue weighted by Crippen LogP contribution is -2.29. The largest absolute Gasteiger partial charge is 0.507 e. The molecule has 9 heteroatoms. The van der Waals surface area contributed by atoms with Gasteiger partial charge in [0.05, 0.1) is 34.5 Å². The number of methoxy groups -OCH3 is 1. The number of carbonyl (C=O) groups is 3. The molecule has 0 saturated carbocycles. The van der Waals surface area contributed by atoms with Gasteiger partial charge in [0.2, 0.25) is 0 Å². The normalized spacial score (nSPS) is 19.6. The predicted molar refractivity (Wildman–Crippen MR) is 152 cm³/mol. The zero-order valence-electron chi connectivity index (χ0n) is 22.3. The fraction of sp³-hybridized carbons (Fsp3) is 0.226. The highest BCUT2D eigenvalue weighted by Crippen LogP contribution is 2.45. The van der Waals surface area contributed by atoms with Crippen LogP contribution in [-0.4, -0.2) is 41.0 Å². The highest BCUT2D eigenvalue weighted by Gasteiger charge is 2.48. The number of benzene rings is 3. The molecular weight excluding hydrogens is 528 g/mol. The minimum atomic E-state index is -0.961. The molecule has 3 heterocycles. The van der Waals surface area contributed by atoms with Crippen LogP contribution in [0.2, 0.25) is 0 Å². The predicted octanol–water partition coefficient (Wildman–Crippen LogP) is 5.65. The summed E-state index contributed by atoms with van der Waals surface area (Å²) in [5, 5.41) is 11.9. The molecule has 3 aromatic carbocycles. The van der Waals surface area contributed by atoms with E-state index in [1.807, 2.05) is 32.9 Å². The maximum absolute atomic E-state index is 13.6. The molecule has 0 aliphatic carbocycles. The molecule has 40 heavy (non-hydrogen) atoms. The van der Waals surface area contributed by atoms with Gasteiger partial charge in [-0.05, 0) is 79.4 Å². The van der Waals surface area contributed by atoms with E-state index in [0.29, 0.717) is 28.2 Å². The molecule has 1 aromatic heterocycles. The Bertz CT molecular complexity index is 1750. The first kappa shape index (κ1) is 25.8. The second-order valence-electron chi connectivity index (χ2n) is 10.2. The number of ether oxygens (including phenoxy) is 2. The van der Waals surface area contributed by atoms with E-state index in [-0.39, 0.29) is 17.4 Å². The lowest BCUT2D eigenvalue weighted by Gasteiger charge is -2.23. The van der Waals surface area contributed by atoms with Gasteiger partial charge in [0.25, 0.3) is 5.78 Å². The van der Waals surface area contributed by atoms with E-state index in [4.69, 9.17) is 14.5 Å². The summed E-state index contributed by atoms with van der Waals surface area (Å²) >= 11 is 1.31. The number of Topliss-reactive ketones (excluding diaryl/α,β-unsaturated/α-hetero) is 1. The van der Waals surface area contributed by atoms with Crippen LogP contribution in [0.5, 0.6) is 5.75 Å². The van der Waals surface area contributed by atoms with Crippen LogP contribution in [0.3, 0.4) is 0 Å². The summed E-state index contributed by atoms with van der Waals surface area (Å²) in [7, 11) is 1.30. The van der Waals surface area contributed by atoms with Gasteiger partial charge in [-0.2, -0.15) is 0 Å². The highest BCUT2D eigenvalue weighted by molar-refractivity contribution is 7.22. The Kier molecular flexibility index (Phi) is 6.18. The summed E-state index contributed by atoms with van der Waals surface area (Å²) in [5.41, 5.74) is 4.92. The van der Waals surface area contributed by atoms with E-state index >= 15 is 0 Å². The van der Waals surface area contributed by atoms with Gasteiger partial charge in [-0.25, -0.2) is 9.78 Å². The van der Waals surface area contributed by atoms with E-state index in [1.54, 1.807) is 42.5 Å². The van der Waals surface area contributed by atoms with Crippen LogP contribution in [0.1, 0.15) is 51.1 Å². The molecule has 0 radical (unpaired) electrons. The molecule has 2 aliphatic rings. The number of esters is 1. The first-order valence-corrected chi connectivity index (χ1v) is 13.6. The van der Waals surface area contributed by atoms with Crippen molar-refractivity contribution in [1.82, 2.24) is 4.98 Å². The lowest BCUT2D eigenvalue weighted by molar-refractivity contribution is -0.132. The Hall–Kier alpha value is -4.50. The second-order valence-corrected chi connectivity index (χ2v) is 11.2. The van der Waals surface area contributed by atoms with Crippen LogP contribution in [-0.2, 0) is 20.7 Å². The van der Waals surface area contributed by atoms with Crippen molar-refractivity contribution in [3.05, 3.63) is 93.6 Å². The second kappa shape index (κ2) is 9.60. The number of thiazole rings is 1. The van der Waals surface area contributed by atoms with Crippen molar-refractivity contribution >= 4 is 50.1 Å². The first-order valence-electron chi connectivity index (χ1n) is 12.8. The number of fused-ring (bicyclic) bond motifs is 2. The molecule has 2 aliphatic heterocycles. The highest BCUT2D eigenvalue weighted by atomic mass is 32.1. The molecule has 4 aromatic rings. The third-order valence-electron chi connectivity index (χ3n) is 7.29. The maximum Gasteiger partial charge on any atom is 0.337 e. The molecule has 0 spiro atoms. The Morgan fingerprint density at radius 2 is 1.80 bits per heavy atom. The van der Waals surface area contributed by atoms with E-state index in [0.717, 1.165) is 32.7 Å². The van der Waals surface area contributed by atoms with Gasteiger partial charge < -0.3 is 14.6 Å². The quantitative estimate of drug-likeness (QED) is 0.150. The van der Waals surface area contributed by atoms with Gasteiger partial charge in [-0.3, -0.25) is 14.5 Å². The summed E-state index contributed by atoms with van der Waals surface area (Å²) in [6, 6.07) is 14.7. The third kappa shape index (κ3) is 4.14. The van der Waals surface area contributed by atoms with Gasteiger partial charge in [-0.1, -0.05) is 29.5 Å². The smallest absolute Gasteiger partial charge is 0.337 e. The number of anilines is 1. The standard InChI is InChI=1S/C31H26N2O6S/c1-15-11-16(2)25-23(12-15)40-31(32-25)33-26(18-5-7-19(8-6-18)30(37)38-4)24(28(35)29(33)36)27(34)20-9-10-22-21(14-20)13-17(3)39-22/h5-12,14,17,26,34H,13H2,1-4H3/b27-24+/t17-,26+/m0/s1. The molecule has 1 saturated heterocycles. The summed E-state index contributed by atoms with van der Waals surface area (Å²) in [5.74, 6) is -1.64. The van der Waals surface area contributed by atoms with Crippen molar-refractivity contribution in [2.75, 3.05) is 12.0 Å². The molecule has 1 amide bonds. The van der Waals surface area contributed by atoms with Crippen molar-refractivity contribution in [3.8, 4) is 5.75 Å². The zero-order valence-corrected chi connectivity index (χ0v) is 23.2. The number of aliphatic hydroxyl groups is 1. The van der Waals surface area contributed by atoms with Crippen molar-refractivity contribution in [2.45, 2.75) is 39.3 Å². The molecule has 0 unspecified atom stereocenters. The van der Waals surface area contributed by atoms with Crippen LogP contribution < -0.4 is 9.64 Å². The number of aryl methyl sites for hydroxylation is 2. The molecule has 2 atom stereocenters. The number of amides is 1. The maximum atomic E-state index is 13.6. The van der Waals surface area contributed by atoms with Crippen molar-refractivity contribution in [1.29, 1.82) is 0 Å². The molecule has 1 fully saturated rings. The summed E-state index contributed by atoms with van der Waals surface area (Å²) in [6.45, 7) is 5.90. The molecule has 6 rings (SSSR count). The van der Waals surface area contributed by atoms with Gasteiger partial charge in [0.15, 0.2) is 5.13 Å². The van der Waals surface area contributed by atoms with E-state index < -0.39 is 23.7 Å². The van der Waals surface area contributed by atoms with Crippen molar-refractivity contribution in [3.63, 3.8) is 0 Å². The van der Waals surface area contributed by atoms with Gasteiger partial charge in [-0.15, -0.1) is 0 Å². The monoisotopic (exact) mass is 554 g/mol. The number of nitrogens with zero attached hydrogens (tertiary/aromatic N) is 2. The molecule has 8 nitrogen and oxygen atoms in total. The van der Waals surface area contributed by atoms with E-state index in [9.17, 15) is 19.5 Å². The fourth-order valence-electron chi connectivity index (χ4n) is 5.45. The first-order chi connectivity index (χ1) is 19.2. The molecule has 202 valence electrons. The number of hydrogen-bond donors (Lipinski definition) is 1. The van der Waals surface area contributed by atoms with E-state index in [2.05, 4.69) is 0 Å². The average Bonchev–Trinajstić information content (AvgIpc) is 3.60. The van der Waals surface area contributed by atoms with Crippen LogP contribution in [0.4, 0.5) is 5.13 Å². The number of hydrogen-bond acceptors (Lipinski definition) is 8. The Morgan fingerprint density at radius 3 is 2.52 bits per heavy atom. The molecular formula is C31H26N2O6S. The zero-order chi connectivity index (χ0) is 28.3. The SMILES string of the molecule is COC(=O)c1ccc([C@@H]2/C(=C(\O)c3ccc4c(c3)C[C@H](C)O4)C(=O)C(=O)N2c2nc3c(C)cc(C)cc3s2)cc1. The topological polar surface area (TPSA) is 106 Å². The van der Waals surface area contributed by atoms with Gasteiger partial charge in [0, 0.05) is 12.0 Å². The number of aliphatic hydroxyl groups excluding tert-OH is 1. The average molecular weight is 555 g/mol. The van der Waals surface area contributed by atoms with Gasteiger partial charge in [0.1, 0.15) is 17.6 Å². The van der Waals surface area contributed by atoms with Crippen molar-refractivity contribution in [2.24, 2.45) is 0 Å². The van der Waals surface area contributed by atoms with Crippen LogP contribution >= 0.6 is 11.3 Å². The third-order valence-corrected chi connectivity index (χ3v) is 8.29. The molecule has 1 N–H and O–H groups in total. The van der Waals surface area contributed by atoms with Crippen LogP contribution in [0.15, 0.2) is 60.2 Å².